The van der Waals surface area contributed by atoms with Gasteiger partial charge in [-0.05, 0) is 123 Å². The van der Waals surface area contributed by atoms with E-state index in [0.29, 0.717) is 0 Å². The lowest BCUT2D eigenvalue weighted by molar-refractivity contribution is 0.719. The highest BCUT2D eigenvalue weighted by atomic mass is 15.4. The summed E-state index contributed by atoms with van der Waals surface area (Å²) in [7, 11) is 2.19. The minimum Gasteiger partial charge on any atom is -0.349 e. The molecule has 5 heteroatoms. The molecule has 3 aromatic heterocycles. The predicted molar refractivity (Wildman–Crippen MR) is 245 cm³/mol. The number of para-hydroxylation sites is 4. The zero-order valence-corrected chi connectivity index (χ0v) is 33.0. The van der Waals surface area contributed by atoms with Gasteiger partial charge in [0, 0.05) is 54.0 Å². The fourth-order valence-electron chi connectivity index (χ4n) is 10.4. The molecule has 0 N–H and O–H groups in total. The van der Waals surface area contributed by atoms with Gasteiger partial charge >= 0.3 is 0 Å². The second kappa shape index (κ2) is 13.4. The fourth-order valence-corrected chi connectivity index (χ4v) is 10.4. The third kappa shape index (κ3) is 4.86. The van der Waals surface area contributed by atoms with Gasteiger partial charge in [0.2, 0.25) is 0 Å². The Bertz CT molecular complexity index is 3170. The zero-order chi connectivity index (χ0) is 39.8. The molecule has 1 atom stereocenters. The average molecular weight is 770 g/mol. The van der Waals surface area contributed by atoms with Gasteiger partial charge < -0.3 is 14.4 Å². The number of pyridine rings is 2. The second-order valence-electron chi connectivity index (χ2n) is 15.8. The first kappa shape index (κ1) is 34.3. The Hall–Kier alpha value is -7.76. The smallest absolute Gasteiger partial charge is 0.132 e. The first-order chi connectivity index (χ1) is 29.7. The van der Waals surface area contributed by atoms with Crippen LogP contribution >= 0.6 is 0 Å². The van der Waals surface area contributed by atoms with Crippen molar-refractivity contribution >= 4 is 38.9 Å². The molecule has 0 bridgehead atoms. The molecular weight excluding hydrogens is 731 g/mol. The van der Waals surface area contributed by atoms with Crippen molar-refractivity contribution in [2.45, 2.75) is 11.6 Å². The molecule has 0 saturated heterocycles. The minimum atomic E-state index is -0.524. The normalized spacial score (nSPS) is 15.0. The van der Waals surface area contributed by atoms with Crippen molar-refractivity contribution < 1.29 is 0 Å². The number of benzene rings is 7. The van der Waals surface area contributed by atoms with Gasteiger partial charge in [-0.3, -0.25) is 9.97 Å². The predicted octanol–water partition coefficient (Wildman–Crippen LogP) is 12.9. The Morgan fingerprint density at radius 1 is 0.467 bits per heavy atom. The molecular formula is C55H39N5. The van der Waals surface area contributed by atoms with Crippen molar-refractivity contribution in [3.8, 4) is 27.9 Å². The third-order valence-corrected chi connectivity index (χ3v) is 12.9. The van der Waals surface area contributed by atoms with Gasteiger partial charge in [-0.2, -0.15) is 0 Å². The standard InChI is InChI=1S/C55H39N5/c1-58-49-17-9-10-18-50(49)60(42-11-3-2-4-12-42)54(58)39-21-19-37(20-22-39)38-23-25-43(26-24-38)59-48-16-8-6-14-45(48)53-51(59)28-27-47-52(53)44-13-5-7-15-46(44)55(47,40-29-33-56-34-30-40)41-31-35-57-36-32-41/h2-36,54H,1H3. The summed E-state index contributed by atoms with van der Waals surface area (Å²) in [6.45, 7) is 0. The van der Waals surface area contributed by atoms with Crippen molar-refractivity contribution in [3.05, 3.63) is 241 Å². The summed E-state index contributed by atoms with van der Waals surface area (Å²) in [5, 5.41) is 2.51. The van der Waals surface area contributed by atoms with Crippen molar-refractivity contribution in [2.24, 2.45) is 0 Å². The molecule has 1 aliphatic heterocycles. The van der Waals surface area contributed by atoms with Crippen LogP contribution in [0, 0.1) is 0 Å². The van der Waals surface area contributed by atoms with Crippen LogP contribution < -0.4 is 9.80 Å². The first-order valence-corrected chi connectivity index (χ1v) is 20.6. The van der Waals surface area contributed by atoms with Gasteiger partial charge in [-0.25, -0.2) is 0 Å². The van der Waals surface area contributed by atoms with Crippen LogP contribution in [0.5, 0.6) is 0 Å². The SMILES string of the molecule is CN1c2ccccc2N(c2ccccc2)C1c1ccc(-c2ccc(-n3c4ccccc4c4c5c(ccc43)C(c3ccncc3)(c3ccncc3)c3ccccc3-5)cc2)cc1. The van der Waals surface area contributed by atoms with Crippen LogP contribution in [0.1, 0.15) is 34.0 Å². The molecule has 1 unspecified atom stereocenters. The van der Waals surface area contributed by atoms with Gasteiger partial charge in [0.1, 0.15) is 6.17 Å². The topological polar surface area (TPSA) is 37.2 Å². The molecule has 4 heterocycles. The van der Waals surface area contributed by atoms with Crippen LogP contribution in [-0.4, -0.2) is 21.6 Å². The van der Waals surface area contributed by atoms with E-state index in [-0.39, 0.29) is 6.17 Å². The lowest BCUT2D eigenvalue weighted by Crippen LogP contribution is -2.30. The Kier molecular flexibility index (Phi) is 7.66. The third-order valence-electron chi connectivity index (χ3n) is 12.9. The number of fused-ring (bicyclic) bond motifs is 8. The van der Waals surface area contributed by atoms with E-state index in [2.05, 4.69) is 219 Å². The van der Waals surface area contributed by atoms with Crippen molar-refractivity contribution in [2.75, 3.05) is 16.8 Å². The van der Waals surface area contributed by atoms with Crippen LogP contribution in [-0.2, 0) is 5.41 Å². The molecule has 10 aromatic rings. The Labute approximate surface area is 349 Å². The molecule has 0 amide bonds. The highest BCUT2D eigenvalue weighted by Crippen LogP contribution is 2.59. The molecule has 284 valence electrons. The number of hydrogen-bond acceptors (Lipinski definition) is 4. The van der Waals surface area contributed by atoms with Crippen LogP contribution in [0.25, 0.3) is 49.7 Å². The summed E-state index contributed by atoms with van der Waals surface area (Å²) in [5.41, 5.74) is 17.7. The first-order valence-electron chi connectivity index (χ1n) is 20.6. The van der Waals surface area contributed by atoms with Gasteiger partial charge in [-0.1, -0.05) is 115 Å². The largest absolute Gasteiger partial charge is 0.349 e. The van der Waals surface area contributed by atoms with Crippen LogP contribution in [0.3, 0.4) is 0 Å². The molecule has 2 aliphatic rings. The average Bonchev–Trinajstić information content (AvgIpc) is 3.94. The van der Waals surface area contributed by atoms with Gasteiger partial charge in [0.25, 0.3) is 0 Å². The summed E-state index contributed by atoms with van der Waals surface area (Å²) in [5.74, 6) is 0. The number of aromatic nitrogens is 3. The van der Waals surface area contributed by atoms with Gasteiger partial charge in [0.05, 0.1) is 27.8 Å². The Morgan fingerprint density at radius 3 is 1.78 bits per heavy atom. The maximum atomic E-state index is 4.43. The fraction of sp³-hybridized carbons (Fsp3) is 0.0545. The molecule has 7 aromatic carbocycles. The van der Waals surface area contributed by atoms with Crippen LogP contribution in [0.2, 0.25) is 0 Å². The van der Waals surface area contributed by atoms with Crippen molar-refractivity contribution in [1.82, 2.24) is 14.5 Å². The molecule has 0 fully saturated rings. The van der Waals surface area contributed by atoms with E-state index in [1.54, 1.807) is 0 Å². The lowest BCUT2D eigenvalue weighted by Gasteiger charge is -2.33. The maximum Gasteiger partial charge on any atom is 0.132 e. The molecule has 0 saturated carbocycles. The molecule has 1 aliphatic carbocycles. The van der Waals surface area contributed by atoms with E-state index in [1.165, 1.54) is 88.9 Å². The summed E-state index contributed by atoms with van der Waals surface area (Å²) in [6, 6.07) is 68.7. The van der Waals surface area contributed by atoms with E-state index in [1.807, 2.05) is 24.8 Å². The molecule has 0 spiro atoms. The number of nitrogens with zero attached hydrogens (tertiary/aromatic N) is 5. The van der Waals surface area contributed by atoms with Crippen molar-refractivity contribution in [3.63, 3.8) is 0 Å². The van der Waals surface area contributed by atoms with Crippen molar-refractivity contribution in [1.29, 1.82) is 0 Å². The summed E-state index contributed by atoms with van der Waals surface area (Å²) >= 11 is 0. The molecule has 60 heavy (non-hydrogen) atoms. The van der Waals surface area contributed by atoms with E-state index in [0.717, 1.165) is 5.69 Å². The highest BCUT2D eigenvalue weighted by Gasteiger charge is 2.47. The van der Waals surface area contributed by atoms with Gasteiger partial charge in [-0.15, -0.1) is 0 Å². The van der Waals surface area contributed by atoms with E-state index in [9.17, 15) is 0 Å². The lowest BCUT2D eigenvalue weighted by atomic mass is 9.68. The minimum absolute atomic E-state index is 0.0458. The Balaban J connectivity index is 0.964. The van der Waals surface area contributed by atoms with E-state index >= 15 is 0 Å². The number of hydrogen-bond donors (Lipinski definition) is 0. The van der Waals surface area contributed by atoms with Crippen LogP contribution in [0.4, 0.5) is 17.1 Å². The molecule has 12 rings (SSSR count). The summed E-state index contributed by atoms with van der Waals surface area (Å²) in [4.78, 5) is 13.7. The number of anilines is 3. The molecule has 5 nitrogen and oxygen atoms in total. The van der Waals surface area contributed by atoms with E-state index in [4.69, 9.17) is 0 Å². The number of rotatable bonds is 6. The molecule has 0 radical (unpaired) electrons. The van der Waals surface area contributed by atoms with Crippen LogP contribution in [0.15, 0.2) is 213 Å². The second-order valence-corrected chi connectivity index (χ2v) is 15.8. The van der Waals surface area contributed by atoms with Gasteiger partial charge in [0.15, 0.2) is 0 Å². The Morgan fingerprint density at radius 2 is 1.07 bits per heavy atom. The summed E-state index contributed by atoms with van der Waals surface area (Å²) < 4.78 is 2.44. The quantitative estimate of drug-likeness (QED) is 0.169. The highest BCUT2D eigenvalue weighted by molar-refractivity contribution is 6.18. The maximum absolute atomic E-state index is 4.43. The monoisotopic (exact) mass is 769 g/mol. The summed E-state index contributed by atoms with van der Waals surface area (Å²) in [6.07, 6.45) is 7.69. The van der Waals surface area contributed by atoms with E-state index < -0.39 is 5.41 Å². The zero-order valence-electron chi connectivity index (χ0n) is 33.0.